The number of rotatable bonds is 11. The number of thiazole rings is 1. The molecule has 0 aliphatic carbocycles. The summed E-state index contributed by atoms with van der Waals surface area (Å²) in [6.45, 7) is 15.1. The van der Waals surface area contributed by atoms with Gasteiger partial charge in [0, 0.05) is 40.1 Å². The maximum Gasteiger partial charge on any atom is 0.308 e. The molecule has 6 aromatic rings. The third-order valence-electron chi connectivity index (χ3n) is 12.6. The highest BCUT2D eigenvalue weighted by molar-refractivity contribution is 7.15. The van der Waals surface area contributed by atoms with Crippen LogP contribution in [0.3, 0.4) is 0 Å². The molecule has 0 radical (unpaired) electrons. The fourth-order valence-electron chi connectivity index (χ4n) is 8.69. The van der Waals surface area contributed by atoms with Gasteiger partial charge in [0.1, 0.15) is 34.8 Å². The Bertz CT molecular complexity index is 2920. The average Bonchev–Trinajstić information content (AvgIpc) is 4.07. The molecule has 2 aliphatic heterocycles. The lowest BCUT2D eigenvalue weighted by atomic mass is 9.85. The van der Waals surface area contributed by atoms with Crippen molar-refractivity contribution in [2.45, 2.75) is 98.5 Å². The number of fused-ring (bicyclic) bond motifs is 3. The van der Waals surface area contributed by atoms with Gasteiger partial charge in [0.2, 0.25) is 11.8 Å². The van der Waals surface area contributed by atoms with Crippen molar-refractivity contribution in [1.82, 2.24) is 35.3 Å². The molecular weight excluding hydrogens is 892 g/mol. The van der Waals surface area contributed by atoms with E-state index in [1.54, 1.807) is 61.1 Å². The van der Waals surface area contributed by atoms with Crippen LogP contribution in [0.15, 0.2) is 77.2 Å². The van der Waals surface area contributed by atoms with Crippen LogP contribution >= 0.6 is 22.7 Å². The van der Waals surface area contributed by atoms with Gasteiger partial charge >= 0.3 is 5.97 Å². The van der Waals surface area contributed by atoms with E-state index in [0.29, 0.717) is 22.9 Å². The smallest absolute Gasteiger partial charge is 0.308 e. The molecule has 1 fully saturated rings. The normalized spacial score (nSPS) is 17.7. The number of carbonyl (C=O) groups is 4. The second-order valence-corrected chi connectivity index (χ2v) is 20.3. The molecule has 67 heavy (non-hydrogen) atoms. The Morgan fingerprint density at radius 2 is 1.63 bits per heavy atom. The number of nitrogens with one attached hydrogen (secondary N) is 2. The van der Waals surface area contributed by atoms with Crippen LogP contribution in [0.1, 0.15) is 107 Å². The molecule has 5 atom stereocenters. The van der Waals surface area contributed by atoms with Gasteiger partial charge < -0.3 is 25.4 Å². The molecular formula is C50H53FN8O6S2. The van der Waals surface area contributed by atoms with Crippen LogP contribution in [0.4, 0.5) is 4.39 Å². The molecule has 348 valence electrons. The summed E-state index contributed by atoms with van der Waals surface area (Å²) in [5.41, 5.74) is 7.87. The van der Waals surface area contributed by atoms with Gasteiger partial charge in [0.05, 0.1) is 47.5 Å². The molecule has 14 nitrogen and oxygen atoms in total. The van der Waals surface area contributed by atoms with Crippen molar-refractivity contribution >= 4 is 52.1 Å². The van der Waals surface area contributed by atoms with Crippen molar-refractivity contribution in [1.29, 1.82) is 0 Å². The predicted octanol–water partition coefficient (Wildman–Crippen LogP) is 7.93. The zero-order chi connectivity index (χ0) is 48.1. The lowest BCUT2D eigenvalue weighted by Gasteiger charge is -2.35. The monoisotopic (exact) mass is 944 g/mol. The first-order valence-electron chi connectivity index (χ1n) is 22.0. The number of aliphatic hydroxyl groups excluding tert-OH is 1. The summed E-state index contributed by atoms with van der Waals surface area (Å²) >= 11 is 3.14. The molecule has 3 aromatic heterocycles. The van der Waals surface area contributed by atoms with E-state index in [2.05, 4.69) is 25.8 Å². The standard InChI is InChI=1S/C50H53FN8O6S2/c1-25-28(4)67-49-41(25)42(54-38(22-40(61)65-9)45-57-56-29(5)59(45)49)32-14-12-31(13-15-32)36-20-34(18-19-37(36)51)46(62)55-44(50(6,7)8)48(64)58-23-35(60)21-39(58)47(63)53-26(2)30-10-16-33(17-11-30)43-27(3)52-24-66-43/h10-20,24,26,35,38-39,44,60H,21-23H2,1-9H3,(H,53,63)(H,55,62)/t26-,35+,38-,39-,44+/m0/s1. The van der Waals surface area contributed by atoms with Crippen LogP contribution in [0.2, 0.25) is 0 Å². The number of thiophene rings is 1. The number of amides is 3. The third-order valence-corrected chi connectivity index (χ3v) is 14.7. The van der Waals surface area contributed by atoms with Gasteiger partial charge in [-0.2, -0.15) is 0 Å². The number of aryl methyl sites for hydroxylation is 3. The van der Waals surface area contributed by atoms with Gasteiger partial charge in [0.15, 0.2) is 5.82 Å². The second-order valence-electron chi connectivity index (χ2n) is 18.2. The number of benzene rings is 3. The van der Waals surface area contributed by atoms with Gasteiger partial charge in [0.25, 0.3) is 5.91 Å². The van der Waals surface area contributed by atoms with E-state index >= 15 is 4.39 Å². The zero-order valence-corrected chi connectivity index (χ0v) is 40.4. The molecule has 3 N–H and O–H groups in total. The van der Waals surface area contributed by atoms with Crippen LogP contribution in [0.5, 0.6) is 0 Å². The van der Waals surface area contributed by atoms with Crippen LogP contribution in [-0.2, 0) is 19.1 Å². The van der Waals surface area contributed by atoms with Crippen LogP contribution in [0.25, 0.3) is 26.6 Å². The van der Waals surface area contributed by atoms with Gasteiger partial charge in [-0.15, -0.1) is 32.9 Å². The predicted molar refractivity (Wildman–Crippen MR) is 256 cm³/mol. The Morgan fingerprint density at radius 1 is 0.940 bits per heavy atom. The molecule has 5 heterocycles. The Kier molecular flexibility index (Phi) is 13.1. The van der Waals surface area contributed by atoms with Crippen molar-refractivity contribution in [3.63, 3.8) is 0 Å². The number of esters is 1. The minimum Gasteiger partial charge on any atom is -0.469 e. The SMILES string of the molecule is COC(=O)C[C@@H]1N=C(c2ccc(-c3cc(C(=O)N[C@H](C(=O)N4C[C@H](O)C[C@H]4C(=O)N[C@@H](C)c4ccc(-c5scnc5C)cc4)C(C)(C)C)ccc3F)cc2)c2c(sc(C)c2C)-n2c(C)nnc21. The fourth-order valence-corrected chi connectivity index (χ4v) is 10.7. The first-order chi connectivity index (χ1) is 31.8. The van der Waals surface area contributed by atoms with Gasteiger partial charge in [-0.25, -0.2) is 9.37 Å². The molecule has 8 rings (SSSR count). The van der Waals surface area contributed by atoms with E-state index in [0.717, 1.165) is 48.3 Å². The number of hydrogen-bond donors (Lipinski definition) is 3. The summed E-state index contributed by atoms with van der Waals surface area (Å²) in [5, 5.41) is 26.3. The van der Waals surface area contributed by atoms with E-state index in [1.165, 1.54) is 30.2 Å². The van der Waals surface area contributed by atoms with Crippen molar-refractivity contribution in [2.24, 2.45) is 10.4 Å². The Morgan fingerprint density at radius 3 is 2.28 bits per heavy atom. The molecule has 2 aliphatic rings. The molecule has 17 heteroatoms. The highest BCUT2D eigenvalue weighted by Gasteiger charge is 2.45. The minimum atomic E-state index is -1.11. The molecule has 3 amide bonds. The first-order valence-corrected chi connectivity index (χ1v) is 23.7. The summed E-state index contributed by atoms with van der Waals surface area (Å²) in [6, 6.07) is 15.9. The maximum absolute atomic E-state index is 15.7. The molecule has 0 bridgehead atoms. The van der Waals surface area contributed by atoms with E-state index in [-0.39, 0.29) is 30.5 Å². The lowest BCUT2D eigenvalue weighted by molar-refractivity contribution is -0.142. The number of halogens is 1. The van der Waals surface area contributed by atoms with Crippen LogP contribution in [-0.4, -0.2) is 91.0 Å². The Hall–Kier alpha value is -6.43. The van der Waals surface area contributed by atoms with Crippen molar-refractivity contribution in [2.75, 3.05) is 13.7 Å². The number of aromatic nitrogens is 4. The number of hydrogen-bond acceptors (Lipinski definition) is 12. The van der Waals surface area contributed by atoms with Crippen LogP contribution < -0.4 is 10.6 Å². The third kappa shape index (κ3) is 9.32. The first kappa shape index (κ1) is 47.1. The molecule has 0 spiro atoms. The number of nitrogens with zero attached hydrogens (tertiary/aromatic N) is 6. The fraction of sp³-hybridized carbons (Fsp3) is 0.360. The second kappa shape index (κ2) is 18.7. The molecule has 3 aromatic carbocycles. The maximum atomic E-state index is 15.7. The number of ether oxygens (including phenoxy) is 1. The lowest BCUT2D eigenvalue weighted by Crippen LogP contribution is -2.57. The number of aliphatic hydroxyl groups is 1. The number of β-amino-alcohol motifs (C(OH)–C–C–N with tert-alkyl or cyclic N) is 1. The van der Waals surface area contributed by atoms with E-state index in [1.807, 2.05) is 75.6 Å². The summed E-state index contributed by atoms with van der Waals surface area (Å²) < 4.78 is 22.7. The quantitative estimate of drug-likeness (QED) is 0.109. The van der Waals surface area contributed by atoms with E-state index in [9.17, 15) is 24.3 Å². The van der Waals surface area contributed by atoms with Crippen LogP contribution in [0, 0.1) is 38.9 Å². The zero-order valence-electron chi connectivity index (χ0n) is 38.8. The number of methoxy groups -OCH3 is 1. The Balaban J connectivity index is 1.01. The Labute approximate surface area is 396 Å². The van der Waals surface area contributed by atoms with Gasteiger partial charge in [-0.1, -0.05) is 69.3 Å². The van der Waals surface area contributed by atoms with E-state index < -0.39 is 65.2 Å². The topological polar surface area (TPSA) is 181 Å². The number of aliphatic imine (C=N–C) groups is 1. The van der Waals surface area contributed by atoms with Crippen molar-refractivity contribution in [3.05, 3.63) is 128 Å². The van der Waals surface area contributed by atoms with Gasteiger partial charge in [-0.05, 0) is 80.5 Å². The largest absolute Gasteiger partial charge is 0.469 e. The summed E-state index contributed by atoms with van der Waals surface area (Å²) in [7, 11) is 1.33. The van der Waals surface area contributed by atoms with Crippen molar-refractivity contribution in [3.8, 4) is 26.6 Å². The number of carbonyl (C=O) groups excluding carboxylic acids is 4. The summed E-state index contributed by atoms with van der Waals surface area (Å²) in [4.78, 5) is 67.9. The number of likely N-dealkylation sites (tertiary alicyclic amines) is 1. The highest BCUT2D eigenvalue weighted by Crippen LogP contribution is 2.40. The summed E-state index contributed by atoms with van der Waals surface area (Å²) in [6.07, 6.45) is -0.956. The highest BCUT2D eigenvalue weighted by atomic mass is 32.1. The van der Waals surface area contributed by atoms with E-state index in [4.69, 9.17) is 9.73 Å². The molecule has 0 saturated carbocycles. The molecule has 1 saturated heterocycles. The van der Waals surface area contributed by atoms with Gasteiger partial charge in [-0.3, -0.25) is 28.7 Å². The minimum absolute atomic E-state index is 0.0378. The summed E-state index contributed by atoms with van der Waals surface area (Å²) in [5.74, 6) is -1.36. The molecule has 0 unspecified atom stereocenters. The average molecular weight is 945 g/mol. The van der Waals surface area contributed by atoms with Crippen molar-refractivity contribution < 1.29 is 33.4 Å².